The molecule has 0 saturated carbocycles. The van der Waals surface area contributed by atoms with Crippen LogP contribution in [0.5, 0.6) is 0 Å². The molecule has 1 aliphatic rings. The van der Waals surface area contributed by atoms with Crippen molar-refractivity contribution >= 4 is 5.91 Å². The quantitative estimate of drug-likeness (QED) is 0.773. The Balaban J connectivity index is 1.81. The van der Waals surface area contributed by atoms with E-state index in [4.69, 9.17) is 0 Å². The van der Waals surface area contributed by atoms with Crippen LogP contribution in [0.2, 0.25) is 0 Å². The molecule has 3 rings (SSSR count). The zero-order chi connectivity index (χ0) is 17.1. The predicted octanol–water partition coefficient (Wildman–Crippen LogP) is 4.85. The Bertz CT molecular complexity index is 703. The summed E-state index contributed by atoms with van der Waals surface area (Å²) in [6.07, 6.45) is 3.16. The molecule has 0 aliphatic carbocycles. The highest BCUT2D eigenvalue weighted by Gasteiger charge is 2.24. The smallest absolute Gasteiger partial charge is 0.253 e. The Hall–Kier alpha value is -2.16. The Morgan fingerprint density at radius 3 is 2.38 bits per heavy atom. The molecule has 2 aromatic rings. The first kappa shape index (κ1) is 16.7. The highest BCUT2D eigenvalue weighted by atomic mass is 19.1. The molecule has 1 unspecified atom stereocenters. The van der Waals surface area contributed by atoms with Gasteiger partial charge in [-0.2, -0.15) is 0 Å². The van der Waals surface area contributed by atoms with Crippen molar-refractivity contribution in [1.29, 1.82) is 0 Å². The summed E-state index contributed by atoms with van der Waals surface area (Å²) in [6, 6.07) is 12.7. The van der Waals surface area contributed by atoms with Gasteiger partial charge in [-0.3, -0.25) is 4.79 Å². The molecule has 2 aromatic carbocycles. The monoisotopic (exact) mass is 325 g/mol. The number of benzene rings is 2. The molecular weight excluding hydrogens is 301 g/mol. The summed E-state index contributed by atoms with van der Waals surface area (Å²) < 4.78 is 13.2. The summed E-state index contributed by atoms with van der Waals surface area (Å²) in [5.74, 6) is 0.175. The van der Waals surface area contributed by atoms with Crippen LogP contribution >= 0.6 is 0 Å². The maximum Gasteiger partial charge on any atom is 0.253 e. The van der Waals surface area contributed by atoms with Gasteiger partial charge in [-0.25, -0.2) is 4.39 Å². The van der Waals surface area contributed by atoms with Crippen LogP contribution in [-0.4, -0.2) is 23.9 Å². The van der Waals surface area contributed by atoms with Crippen LogP contribution in [-0.2, 0) is 0 Å². The maximum absolute atomic E-state index is 13.2. The lowest BCUT2D eigenvalue weighted by Crippen LogP contribution is -2.34. The molecule has 1 heterocycles. The van der Waals surface area contributed by atoms with Crippen LogP contribution in [0.1, 0.15) is 52.2 Å². The highest BCUT2D eigenvalue weighted by Crippen LogP contribution is 2.27. The molecule has 24 heavy (non-hydrogen) atoms. The summed E-state index contributed by atoms with van der Waals surface area (Å²) in [5.41, 5.74) is 4.12. The van der Waals surface area contributed by atoms with E-state index in [0.29, 0.717) is 6.54 Å². The third-order valence-corrected chi connectivity index (χ3v) is 4.77. The zero-order valence-electron chi connectivity index (χ0n) is 14.4. The van der Waals surface area contributed by atoms with Crippen LogP contribution in [0.15, 0.2) is 42.5 Å². The van der Waals surface area contributed by atoms with E-state index in [1.165, 1.54) is 12.1 Å². The Labute approximate surface area is 143 Å². The molecule has 1 aliphatic heterocycles. The van der Waals surface area contributed by atoms with Crippen LogP contribution in [0.4, 0.5) is 4.39 Å². The fourth-order valence-electron chi connectivity index (χ4n) is 3.61. The molecule has 1 amide bonds. The average Bonchev–Trinajstić information content (AvgIpc) is 2.80. The lowest BCUT2D eigenvalue weighted by molar-refractivity contribution is 0.0754. The molecular formula is C21H24FNO. The van der Waals surface area contributed by atoms with Gasteiger partial charge in [0.05, 0.1) is 0 Å². The van der Waals surface area contributed by atoms with Gasteiger partial charge in [0.25, 0.3) is 5.91 Å². The third-order valence-electron chi connectivity index (χ3n) is 4.77. The van der Waals surface area contributed by atoms with E-state index in [2.05, 4.69) is 6.07 Å². The van der Waals surface area contributed by atoms with E-state index in [1.807, 2.05) is 43.0 Å². The summed E-state index contributed by atoms with van der Waals surface area (Å²) in [4.78, 5) is 14.9. The van der Waals surface area contributed by atoms with Crippen molar-refractivity contribution < 1.29 is 9.18 Å². The zero-order valence-corrected chi connectivity index (χ0v) is 14.4. The first-order valence-corrected chi connectivity index (χ1v) is 8.66. The van der Waals surface area contributed by atoms with E-state index >= 15 is 0 Å². The second-order valence-electron chi connectivity index (χ2n) is 6.87. The number of carbonyl (C=O) groups is 1. The predicted molar refractivity (Wildman–Crippen MR) is 94.8 cm³/mol. The maximum atomic E-state index is 13.2. The number of rotatable bonds is 2. The van der Waals surface area contributed by atoms with Crippen molar-refractivity contribution in [1.82, 2.24) is 4.90 Å². The van der Waals surface area contributed by atoms with E-state index < -0.39 is 0 Å². The Morgan fingerprint density at radius 1 is 1.04 bits per heavy atom. The van der Waals surface area contributed by atoms with Crippen molar-refractivity contribution in [3.05, 3.63) is 70.5 Å². The van der Waals surface area contributed by atoms with Crippen LogP contribution < -0.4 is 0 Å². The lowest BCUT2D eigenvalue weighted by Gasteiger charge is -2.25. The number of aryl methyl sites for hydroxylation is 2. The van der Waals surface area contributed by atoms with Gasteiger partial charge in [-0.15, -0.1) is 0 Å². The summed E-state index contributed by atoms with van der Waals surface area (Å²) in [6.45, 7) is 5.54. The molecule has 0 spiro atoms. The van der Waals surface area contributed by atoms with E-state index in [9.17, 15) is 9.18 Å². The van der Waals surface area contributed by atoms with Gasteiger partial charge in [0.1, 0.15) is 5.82 Å². The van der Waals surface area contributed by atoms with Gasteiger partial charge in [-0.1, -0.05) is 35.7 Å². The largest absolute Gasteiger partial charge is 0.338 e. The Morgan fingerprint density at radius 2 is 1.71 bits per heavy atom. The first-order chi connectivity index (χ1) is 11.5. The fourth-order valence-corrected chi connectivity index (χ4v) is 3.61. The molecule has 126 valence electrons. The minimum absolute atomic E-state index is 0.107. The van der Waals surface area contributed by atoms with Gasteiger partial charge in [0, 0.05) is 24.6 Å². The molecule has 0 radical (unpaired) electrons. The topological polar surface area (TPSA) is 20.3 Å². The average molecular weight is 325 g/mol. The highest BCUT2D eigenvalue weighted by molar-refractivity contribution is 5.94. The number of likely N-dealkylation sites (tertiary alicyclic amines) is 1. The van der Waals surface area contributed by atoms with Crippen molar-refractivity contribution in [3.63, 3.8) is 0 Å². The van der Waals surface area contributed by atoms with Gasteiger partial charge >= 0.3 is 0 Å². The van der Waals surface area contributed by atoms with Crippen molar-refractivity contribution in [3.8, 4) is 0 Å². The number of halogens is 1. The lowest BCUT2D eigenvalue weighted by atomic mass is 9.94. The summed E-state index contributed by atoms with van der Waals surface area (Å²) in [5, 5.41) is 0. The molecule has 0 bridgehead atoms. The summed E-state index contributed by atoms with van der Waals surface area (Å²) >= 11 is 0. The third kappa shape index (κ3) is 3.84. The SMILES string of the molecule is Cc1cc(C)cc(C(=O)N2CCCCC(c3ccc(F)cc3)C2)c1. The van der Waals surface area contributed by atoms with Crippen LogP contribution in [0.25, 0.3) is 0 Å². The van der Waals surface area contributed by atoms with Gasteiger partial charge in [-0.05, 0) is 56.5 Å². The number of hydrogen-bond acceptors (Lipinski definition) is 1. The normalized spacial score (nSPS) is 18.3. The van der Waals surface area contributed by atoms with Crippen molar-refractivity contribution in [2.24, 2.45) is 0 Å². The molecule has 2 nitrogen and oxygen atoms in total. The number of hydrogen-bond donors (Lipinski definition) is 0. The molecule has 0 N–H and O–H groups in total. The minimum Gasteiger partial charge on any atom is -0.338 e. The molecule has 3 heteroatoms. The number of nitrogens with zero attached hydrogens (tertiary/aromatic N) is 1. The second kappa shape index (κ2) is 7.16. The second-order valence-corrected chi connectivity index (χ2v) is 6.87. The molecule has 1 atom stereocenters. The van der Waals surface area contributed by atoms with E-state index in [0.717, 1.165) is 48.1 Å². The minimum atomic E-state index is -0.212. The number of amides is 1. The van der Waals surface area contributed by atoms with Crippen molar-refractivity contribution in [2.75, 3.05) is 13.1 Å². The van der Waals surface area contributed by atoms with Crippen molar-refractivity contribution in [2.45, 2.75) is 39.0 Å². The van der Waals surface area contributed by atoms with Crippen LogP contribution in [0, 0.1) is 19.7 Å². The van der Waals surface area contributed by atoms with Crippen LogP contribution in [0.3, 0.4) is 0 Å². The van der Waals surface area contributed by atoms with Gasteiger partial charge < -0.3 is 4.90 Å². The Kier molecular flexibility index (Phi) is 4.98. The van der Waals surface area contributed by atoms with Gasteiger partial charge in [0.2, 0.25) is 0 Å². The number of carbonyl (C=O) groups excluding carboxylic acids is 1. The first-order valence-electron chi connectivity index (χ1n) is 8.66. The molecule has 0 aromatic heterocycles. The summed E-state index contributed by atoms with van der Waals surface area (Å²) in [7, 11) is 0. The van der Waals surface area contributed by atoms with Gasteiger partial charge in [0.15, 0.2) is 0 Å². The standard InChI is InChI=1S/C21H24FNO/c1-15-11-16(2)13-19(12-15)21(24)23-10-4-3-5-18(14-23)17-6-8-20(22)9-7-17/h6-9,11-13,18H,3-5,10,14H2,1-2H3. The fraction of sp³-hybridized carbons (Fsp3) is 0.381. The molecule has 1 saturated heterocycles. The molecule has 1 fully saturated rings. The van der Waals surface area contributed by atoms with E-state index in [1.54, 1.807) is 0 Å². The van der Waals surface area contributed by atoms with E-state index in [-0.39, 0.29) is 17.6 Å².